The molecule has 0 saturated carbocycles. The summed E-state index contributed by atoms with van der Waals surface area (Å²) in [5.74, 6) is 0. The molecule has 2 aromatic carbocycles. The van der Waals surface area contributed by atoms with Crippen LogP contribution < -0.4 is 4.72 Å². The molecule has 3 nitrogen and oxygen atoms in total. The van der Waals surface area contributed by atoms with Gasteiger partial charge >= 0.3 is 0 Å². The first-order chi connectivity index (χ1) is 11.4. The molecular weight excluding hydrogens is 318 g/mol. The Kier molecular flexibility index (Phi) is 6.72. The van der Waals surface area contributed by atoms with Crippen LogP contribution in [0.5, 0.6) is 0 Å². The van der Waals surface area contributed by atoms with Crippen LogP contribution in [0.15, 0.2) is 60.7 Å². The first kappa shape index (κ1) is 18.8. The lowest BCUT2D eigenvalue weighted by Gasteiger charge is -2.29. The van der Waals surface area contributed by atoms with Gasteiger partial charge in [0.05, 0.1) is 34.5 Å². The molecule has 1 N–H and O–H groups in total. The van der Waals surface area contributed by atoms with Crippen molar-refractivity contribution in [3.63, 3.8) is 0 Å². The summed E-state index contributed by atoms with van der Waals surface area (Å²) < 4.78 is 21.6. The number of hydrogen-bond acceptors (Lipinski definition) is 2. The highest BCUT2D eigenvalue weighted by molar-refractivity contribution is 7.84. The Morgan fingerprint density at radius 3 is 2.08 bits per heavy atom. The van der Waals surface area contributed by atoms with Gasteiger partial charge in [-0.15, -0.1) is 0 Å². The van der Waals surface area contributed by atoms with Crippen LogP contribution in [-0.2, 0) is 22.3 Å². The van der Waals surface area contributed by atoms with Gasteiger partial charge in [-0.25, -0.2) is 8.93 Å². The summed E-state index contributed by atoms with van der Waals surface area (Å²) >= 11 is 0. The van der Waals surface area contributed by atoms with E-state index in [4.69, 9.17) is 4.74 Å². The topological polar surface area (TPSA) is 38.3 Å². The molecule has 0 bridgehead atoms. The highest BCUT2D eigenvalue weighted by Crippen LogP contribution is 2.23. The fourth-order valence-corrected chi connectivity index (χ4v) is 3.20. The van der Waals surface area contributed by atoms with Gasteiger partial charge in [-0.05, 0) is 38.8 Å². The smallest absolute Gasteiger partial charge is 0.0976 e. The molecule has 0 aliphatic carbocycles. The van der Waals surface area contributed by atoms with Crippen molar-refractivity contribution in [3.8, 4) is 0 Å². The van der Waals surface area contributed by atoms with Crippen LogP contribution >= 0.6 is 0 Å². The average molecular weight is 346 g/mol. The van der Waals surface area contributed by atoms with Crippen molar-refractivity contribution < 1.29 is 8.95 Å². The first-order valence-corrected chi connectivity index (χ1v) is 9.41. The molecule has 0 aromatic heterocycles. The van der Waals surface area contributed by atoms with Gasteiger partial charge in [-0.2, -0.15) is 0 Å². The Bertz CT molecular complexity index is 638. The molecular formula is C20H27NO2S. The van der Waals surface area contributed by atoms with Crippen molar-refractivity contribution >= 4 is 11.0 Å². The number of hydrogen-bond donors (Lipinski definition) is 1. The van der Waals surface area contributed by atoms with Gasteiger partial charge in [0, 0.05) is 0 Å². The van der Waals surface area contributed by atoms with E-state index in [1.165, 1.54) is 0 Å². The van der Waals surface area contributed by atoms with Crippen molar-refractivity contribution in [2.24, 2.45) is 0 Å². The zero-order valence-electron chi connectivity index (χ0n) is 14.9. The minimum atomic E-state index is -1.17. The zero-order valence-corrected chi connectivity index (χ0v) is 15.7. The minimum Gasteiger partial charge on any atom is -0.372 e. The maximum atomic E-state index is 12.6. The van der Waals surface area contributed by atoms with E-state index >= 15 is 0 Å². The average Bonchev–Trinajstić information content (AvgIpc) is 2.58. The maximum absolute atomic E-state index is 12.6. The van der Waals surface area contributed by atoms with Gasteiger partial charge in [0.1, 0.15) is 0 Å². The van der Waals surface area contributed by atoms with Crippen LogP contribution in [0, 0.1) is 0 Å². The molecule has 0 heterocycles. The van der Waals surface area contributed by atoms with Crippen molar-refractivity contribution in [2.45, 2.75) is 51.2 Å². The summed E-state index contributed by atoms with van der Waals surface area (Å²) in [6.45, 7) is 8.46. The van der Waals surface area contributed by atoms with Gasteiger partial charge in [-0.1, -0.05) is 60.7 Å². The SMILES string of the molecule is C[C@H](OCc1ccccc1)[C@@H](N[S@](=O)C(C)(C)C)c1ccccc1. The molecule has 24 heavy (non-hydrogen) atoms. The van der Waals surface area contributed by atoms with Crippen LogP contribution in [0.3, 0.4) is 0 Å². The Morgan fingerprint density at radius 2 is 1.54 bits per heavy atom. The summed E-state index contributed by atoms with van der Waals surface area (Å²) in [7, 11) is -1.17. The first-order valence-electron chi connectivity index (χ1n) is 8.26. The van der Waals surface area contributed by atoms with Crippen LogP contribution in [0.1, 0.15) is 44.9 Å². The van der Waals surface area contributed by atoms with Crippen molar-refractivity contribution in [1.29, 1.82) is 0 Å². The molecule has 0 aliphatic heterocycles. The monoisotopic (exact) mass is 345 g/mol. The van der Waals surface area contributed by atoms with Gasteiger partial charge in [0.15, 0.2) is 0 Å². The number of ether oxygens (including phenoxy) is 1. The normalized spacial score (nSPS) is 15.7. The van der Waals surface area contributed by atoms with E-state index in [0.29, 0.717) is 6.61 Å². The summed E-state index contributed by atoms with van der Waals surface area (Å²) in [6, 6.07) is 20.0. The molecule has 0 amide bonds. The van der Waals surface area contributed by atoms with E-state index in [1.807, 2.05) is 88.4 Å². The van der Waals surface area contributed by atoms with Crippen LogP contribution in [-0.4, -0.2) is 15.1 Å². The van der Waals surface area contributed by atoms with Gasteiger partial charge in [0.25, 0.3) is 0 Å². The molecule has 2 rings (SSSR count). The molecule has 0 spiro atoms. The number of nitrogens with one attached hydrogen (secondary N) is 1. The molecule has 130 valence electrons. The van der Waals surface area contributed by atoms with E-state index < -0.39 is 11.0 Å². The largest absolute Gasteiger partial charge is 0.372 e. The third-order valence-electron chi connectivity index (χ3n) is 3.77. The number of rotatable bonds is 7. The van der Waals surface area contributed by atoms with E-state index in [9.17, 15) is 4.21 Å². The molecule has 0 aliphatic rings. The molecule has 0 fully saturated rings. The maximum Gasteiger partial charge on any atom is 0.0976 e. The molecule has 3 atom stereocenters. The lowest BCUT2D eigenvalue weighted by molar-refractivity contribution is 0.0321. The molecule has 0 radical (unpaired) electrons. The van der Waals surface area contributed by atoms with Crippen molar-refractivity contribution in [2.75, 3.05) is 0 Å². The van der Waals surface area contributed by atoms with Crippen LogP contribution in [0.4, 0.5) is 0 Å². The van der Waals surface area contributed by atoms with Crippen LogP contribution in [0.2, 0.25) is 0 Å². The van der Waals surface area contributed by atoms with Gasteiger partial charge < -0.3 is 4.74 Å². The molecule has 0 saturated heterocycles. The fraction of sp³-hybridized carbons (Fsp3) is 0.400. The molecule has 4 heteroatoms. The summed E-state index contributed by atoms with van der Waals surface area (Å²) in [6.07, 6.45) is -0.112. The third-order valence-corrected chi connectivity index (χ3v) is 5.35. The van der Waals surface area contributed by atoms with E-state index in [2.05, 4.69) is 4.72 Å². The predicted molar refractivity (Wildman–Crippen MR) is 101 cm³/mol. The quantitative estimate of drug-likeness (QED) is 0.808. The highest BCUT2D eigenvalue weighted by Gasteiger charge is 2.27. The summed E-state index contributed by atoms with van der Waals surface area (Å²) in [4.78, 5) is 0. The summed E-state index contributed by atoms with van der Waals surface area (Å²) in [5, 5.41) is 0. The van der Waals surface area contributed by atoms with E-state index in [1.54, 1.807) is 0 Å². The Morgan fingerprint density at radius 1 is 1.00 bits per heavy atom. The van der Waals surface area contributed by atoms with Crippen molar-refractivity contribution in [3.05, 3.63) is 71.8 Å². The lowest BCUT2D eigenvalue weighted by Crippen LogP contribution is -2.40. The Hall–Kier alpha value is -1.49. The highest BCUT2D eigenvalue weighted by atomic mass is 32.2. The lowest BCUT2D eigenvalue weighted by atomic mass is 10.0. The van der Waals surface area contributed by atoms with Crippen LogP contribution in [0.25, 0.3) is 0 Å². The second-order valence-electron chi connectivity index (χ2n) is 6.89. The fourth-order valence-electron chi connectivity index (χ4n) is 2.29. The zero-order chi connectivity index (χ0) is 17.6. The van der Waals surface area contributed by atoms with E-state index in [0.717, 1.165) is 11.1 Å². The second kappa shape index (κ2) is 8.56. The number of benzene rings is 2. The van der Waals surface area contributed by atoms with Gasteiger partial charge in [0.2, 0.25) is 0 Å². The Balaban J connectivity index is 2.11. The predicted octanol–water partition coefficient (Wildman–Crippen LogP) is 4.38. The van der Waals surface area contributed by atoms with Crippen molar-refractivity contribution in [1.82, 2.24) is 4.72 Å². The molecule has 2 aromatic rings. The summed E-state index contributed by atoms with van der Waals surface area (Å²) in [5.41, 5.74) is 2.21. The Labute approximate surface area is 148 Å². The van der Waals surface area contributed by atoms with E-state index in [-0.39, 0.29) is 16.9 Å². The van der Waals surface area contributed by atoms with Gasteiger partial charge in [-0.3, -0.25) is 0 Å². The second-order valence-corrected chi connectivity index (χ2v) is 8.89. The third kappa shape index (κ3) is 5.55. The molecule has 0 unspecified atom stereocenters. The standard InChI is InChI=1S/C20H27NO2S/c1-16(23-15-17-11-7-5-8-12-17)19(18-13-9-6-10-14-18)21-24(22)20(2,3)4/h5-14,16,19,21H,15H2,1-4H3/t16-,19+,24+/m0/s1. The minimum absolute atomic E-state index is 0.112.